The molecule has 0 aliphatic heterocycles. The number of carboxylic acids is 2. The quantitative estimate of drug-likeness (QED) is 0.463. The summed E-state index contributed by atoms with van der Waals surface area (Å²) in [5.74, 6) is -1.54. The molecule has 0 bridgehead atoms. The van der Waals surface area contributed by atoms with Gasteiger partial charge in [-0.2, -0.15) is 0 Å². The van der Waals surface area contributed by atoms with Crippen molar-refractivity contribution < 1.29 is 19.8 Å². The van der Waals surface area contributed by atoms with Crippen molar-refractivity contribution in [1.29, 1.82) is 0 Å². The first kappa shape index (κ1) is 22.8. The first-order chi connectivity index (χ1) is 14.9. The first-order valence-electron chi connectivity index (χ1n) is 9.90. The monoisotopic (exact) mass is 457 g/mol. The lowest BCUT2D eigenvalue weighted by atomic mass is 10.1. The summed E-state index contributed by atoms with van der Waals surface area (Å²) in [4.78, 5) is 28.6. The molecule has 0 fully saturated rings. The molecule has 0 saturated heterocycles. The van der Waals surface area contributed by atoms with Crippen molar-refractivity contribution in [3.63, 3.8) is 0 Å². The molecule has 0 amide bonds. The molecule has 0 unspecified atom stereocenters. The highest BCUT2D eigenvalue weighted by Crippen LogP contribution is 2.25. The highest BCUT2D eigenvalue weighted by Gasteiger charge is 2.16. The molecular formula is C23H22ClN2O4S-. The van der Waals surface area contributed by atoms with Gasteiger partial charge in [0.25, 0.3) is 0 Å². The zero-order valence-corrected chi connectivity index (χ0v) is 18.6. The molecule has 31 heavy (non-hydrogen) atoms. The summed E-state index contributed by atoms with van der Waals surface area (Å²) >= 11 is 7.83. The van der Waals surface area contributed by atoms with E-state index in [1.54, 1.807) is 24.4 Å². The molecule has 0 atom stereocenters. The number of nitrogens with zero attached hydrogens (tertiary/aromatic N) is 2. The van der Waals surface area contributed by atoms with Crippen molar-refractivity contribution >= 4 is 41.0 Å². The molecule has 3 rings (SSSR count). The Morgan fingerprint density at radius 2 is 2.10 bits per heavy atom. The standard InChI is InChI=1S/C23H23ClN2O4S/c1-2-3-9-20-25-13-17(11-16(22(27)28)12-18-7-5-10-31-18)26(20)14-15-6-4-8-19(21(15)24)23(29)30/h4-8,10-11,13H,2-3,9,12,14H2,1H3,(H,27,28)(H,29,30)/p-1/b16-11+. The van der Waals surface area contributed by atoms with E-state index >= 15 is 0 Å². The predicted molar refractivity (Wildman–Crippen MR) is 119 cm³/mol. The number of thiophene rings is 1. The Kier molecular flexibility index (Phi) is 7.65. The van der Waals surface area contributed by atoms with E-state index in [1.807, 2.05) is 22.1 Å². The van der Waals surface area contributed by atoms with Crippen molar-refractivity contribution in [2.45, 2.75) is 39.2 Å². The minimum Gasteiger partial charge on any atom is -0.545 e. The van der Waals surface area contributed by atoms with Crippen molar-refractivity contribution in [1.82, 2.24) is 9.55 Å². The number of imidazole rings is 1. The summed E-state index contributed by atoms with van der Waals surface area (Å²) in [6, 6.07) is 8.61. The van der Waals surface area contributed by atoms with E-state index < -0.39 is 11.9 Å². The van der Waals surface area contributed by atoms with Crippen LogP contribution < -0.4 is 5.11 Å². The summed E-state index contributed by atoms with van der Waals surface area (Å²) in [5, 5.41) is 23.2. The van der Waals surface area contributed by atoms with E-state index in [0.29, 0.717) is 17.7 Å². The summed E-state index contributed by atoms with van der Waals surface area (Å²) in [6.07, 6.45) is 6.09. The van der Waals surface area contributed by atoms with Crippen LogP contribution in [0, 0.1) is 0 Å². The number of aliphatic carboxylic acids is 1. The molecule has 3 aromatic rings. The maximum absolute atomic E-state index is 11.8. The van der Waals surface area contributed by atoms with Crippen LogP contribution >= 0.6 is 22.9 Å². The fourth-order valence-corrected chi connectivity index (χ4v) is 4.25. The summed E-state index contributed by atoms with van der Waals surface area (Å²) in [5.41, 5.74) is 1.41. The van der Waals surface area contributed by atoms with Crippen LogP contribution in [0.1, 0.15) is 52.1 Å². The second kappa shape index (κ2) is 10.4. The molecule has 162 valence electrons. The number of rotatable bonds is 10. The van der Waals surface area contributed by atoms with Gasteiger partial charge in [0.05, 0.1) is 35.0 Å². The lowest BCUT2D eigenvalue weighted by Gasteiger charge is -2.14. The SMILES string of the molecule is CCCCc1ncc(/C=C(\Cc2cccs2)C(=O)[O-])n1Cc1cccc(C(=O)O)c1Cl. The molecule has 6 nitrogen and oxygen atoms in total. The third kappa shape index (κ3) is 5.62. The van der Waals surface area contributed by atoms with Crippen LogP contribution in [0.15, 0.2) is 47.5 Å². The zero-order chi connectivity index (χ0) is 22.4. The second-order valence-corrected chi connectivity index (χ2v) is 8.50. The Hall–Kier alpha value is -2.90. The maximum atomic E-state index is 11.8. The Labute approximate surface area is 189 Å². The van der Waals surface area contributed by atoms with Crippen LogP contribution in [-0.2, 0) is 24.2 Å². The van der Waals surface area contributed by atoms with Gasteiger partial charge in [-0.1, -0.05) is 43.1 Å². The number of halogens is 1. The summed E-state index contributed by atoms with van der Waals surface area (Å²) in [7, 11) is 0. The molecule has 0 aliphatic carbocycles. The summed E-state index contributed by atoms with van der Waals surface area (Å²) in [6.45, 7) is 2.36. The number of unbranched alkanes of at least 4 members (excludes halogenated alkanes) is 1. The molecule has 0 spiro atoms. The van der Waals surface area contributed by atoms with Gasteiger partial charge in [-0.3, -0.25) is 0 Å². The van der Waals surface area contributed by atoms with E-state index in [1.165, 1.54) is 17.4 Å². The maximum Gasteiger partial charge on any atom is 0.337 e. The largest absolute Gasteiger partial charge is 0.545 e. The minimum atomic E-state index is -1.23. The molecule has 1 N–H and O–H groups in total. The fraction of sp³-hybridized carbons (Fsp3) is 0.261. The number of carbonyl (C=O) groups excluding carboxylic acids is 1. The lowest BCUT2D eigenvalue weighted by Crippen LogP contribution is -2.25. The molecule has 0 radical (unpaired) electrons. The lowest BCUT2D eigenvalue weighted by molar-refractivity contribution is -0.299. The van der Waals surface area contributed by atoms with Crippen molar-refractivity contribution in [3.8, 4) is 0 Å². The van der Waals surface area contributed by atoms with Gasteiger partial charge >= 0.3 is 5.97 Å². The summed E-state index contributed by atoms with van der Waals surface area (Å²) < 4.78 is 1.89. The van der Waals surface area contributed by atoms with E-state index in [2.05, 4.69) is 11.9 Å². The Morgan fingerprint density at radius 3 is 2.74 bits per heavy atom. The average Bonchev–Trinajstić information content (AvgIpc) is 3.37. The van der Waals surface area contributed by atoms with Gasteiger partial charge in [-0.15, -0.1) is 11.3 Å². The first-order valence-corrected chi connectivity index (χ1v) is 11.2. The van der Waals surface area contributed by atoms with Gasteiger partial charge in [-0.05, 0) is 41.1 Å². The second-order valence-electron chi connectivity index (χ2n) is 7.09. The van der Waals surface area contributed by atoms with Gasteiger partial charge in [0, 0.05) is 17.7 Å². The van der Waals surface area contributed by atoms with Crippen LogP contribution in [0.2, 0.25) is 5.02 Å². The number of hydrogen-bond acceptors (Lipinski definition) is 5. The Morgan fingerprint density at radius 1 is 1.29 bits per heavy atom. The number of aryl methyl sites for hydroxylation is 1. The Balaban J connectivity index is 2.02. The molecule has 2 heterocycles. The van der Waals surface area contributed by atoms with E-state index in [-0.39, 0.29) is 29.1 Å². The molecule has 1 aromatic carbocycles. The molecule has 0 saturated carbocycles. The van der Waals surface area contributed by atoms with Crippen LogP contribution in [-0.4, -0.2) is 26.6 Å². The van der Waals surface area contributed by atoms with Crippen molar-refractivity contribution in [3.05, 3.63) is 80.0 Å². The number of carbonyl (C=O) groups is 2. The van der Waals surface area contributed by atoms with Crippen molar-refractivity contribution in [2.75, 3.05) is 0 Å². The highest BCUT2D eigenvalue weighted by atomic mass is 35.5. The molecule has 0 aliphatic rings. The third-order valence-electron chi connectivity index (χ3n) is 4.89. The van der Waals surface area contributed by atoms with Crippen molar-refractivity contribution in [2.24, 2.45) is 0 Å². The predicted octanol–water partition coefficient (Wildman–Crippen LogP) is 4.06. The van der Waals surface area contributed by atoms with Gasteiger partial charge in [0.2, 0.25) is 0 Å². The van der Waals surface area contributed by atoms with Crippen LogP contribution in [0.5, 0.6) is 0 Å². The zero-order valence-electron chi connectivity index (χ0n) is 17.0. The van der Waals surface area contributed by atoms with Gasteiger partial charge in [0.1, 0.15) is 5.82 Å². The van der Waals surface area contributed by atoms with E-state index in [4.69, 9.17) is 11.6 Å². The smallest absolute Gasteiger partial charge is 0.337 e. The molecule has 8 heteroatoms. The molecular weight excluding hydrogens is 436 g/mol. The average molecular weight is 458 g/mol. The van der Waals surface area contributed by atoms with Crippen LogP contribution in [0.25, 0.3) is 6.08 Å². The van der Waals surface area contributed by atoms with Crippen LogP contribution in [0.3, 0.4) is 0 Å². The van der Waals surface area contributed by atoms with Gasteiger partial charge < -0.3 is 19.6 Å². The Bertz CT molecular complexity index is 1100. The number of carboxylic acid groups (broad SMARTS) is 2. The number of aromatic carboxylic acids is 1. The van der Waals surface area contributed by atoms with E-state index in [9.17, 15) is 19.8 Å². The highest BCUT2D eigenvalue weighted by molar-refractivity contribution is 7.09. The molecule has 2 aromatic heterocycles. The topological polar surface area (TPSA) is 95.2 Å². The number of aromatic nitrogens is 2. The number of hydrogen-bond donors (Lipinski definition) is 1. The normalized spacial score (nSPS) is 11.6. The van der Waals surface area contributed by atoms with Gasteiger partial charge in [-0.25, -0.2) is 9.78 Å². The number of benzene rings is 1. The van der Waals surface area contributed by atoms with Gasteiger partial charge in [0.15, 0.2) is 0 Å². The minimum absolute atomic E-state index is 0.0274. The third-order valence-corrected chi connectivity index (χ3v) is 6.21. The van der Waals surface area contributed by atoms with E-state index in [0.717, 1.165) is 23.5 Å². The van der Waals surface area contributed by atoms with Crippen LogP contribution in [0.4, 0.5) is 0 Å². The fourth-order valence-electron chi connectivity index (χ4n) is 3.26.